The molecule has 27 heavy (non-hydrogen) atoms. The second-order valence-electron chi connectivity index (χ2n) is 7.17. The van der Waals surface area contributed by atoms with Crippen LogP contribution in [0.15, 0.2) is 24.3 Å². The highest BCUT2D eigenvalue weighted by Crippen LogP contribution is 2.21. The van der Waals surface area contributed by atoms with E-state index in [9.17, 15) is 13.2 Å². The molecule has 9 heteroatoms. The summed E-state index contributed by atoms with van der Waals surface area (Å²) in [6.07, 6.45) is 0. The number of hydrogen-bond donors (Lipinski definition) is 1. The van der Waals surface area contributed by atoms with Gasteiger partial charge in [0.05, 0.1) is 18.3 Å². The Hall–Kier alpha value is -1.51. The summed E-state index contributed by atoms with van der Waals surface area (Å²) in [7, 11) is -1.79. The molecule has 1 amide bonds. The van der Waals surface area contributed by atoms with Crippen molar-refractivity contribution in [1.82, 2.24) is 9.62 Å². The first kappa shape index (κ1) is 21.8. The van der Waals surface area contributed by atoms with Crippen LogP contribution >= 0.6 is 11.6 Å². The Kier molecular flexibility index (Phi) is 7.36. The molecule has 1 aromatic carbocycles. The highest BCUT2D eigenvalue weighted by atomic mass is 35.5. The zero-order valence-electron chi connectivity index (χ0n) is 16.1. The molecule has 0 unspecified atom stereocenters. The van der Waals surface area contributed by atoms with E-state index in [0.717, 1.165) is 11.4 Å². The fraction of sp³-hybridized carbons (Fsp3) is 0.611. The maximum Gasteiger partial charge on any atom is 0.226 e. The maximum absolute atomic E-state index is 12.5. The van der Waals surface area contributed by atoms with Gasteiger partial charge in [-0.1, -0.05) is 0 Å². The second-order valence-corrected chi connectivity index (χ2v) is 9.53. The molecule has 152 valence electrons. The summed E-state index contributed by atoms with van der Waals surface area (Å²) in [5.74, 6) is 0.620. The van der Waals surface area contributed by atoms with Crippen molar-refractivity contribution in [1.29, 1.82) is 0 Å². The van der Waals surface area contributed by atoms with Crippen LogP contribution in [0.3, 0.4) is 0 Å². The number of carbonyl (C=O) groups is 1. The SMILES string of the molecule is COc1ccc(N2CCN(S(=O)(=O)CCNC(=O)C(C)(C)CCl)CC2)cc1. The van der Waals surface area contributed by atoms with Gasteiger partial charge in [0.25, 0.3) is 0 Å². The molecular formula is C18H28ClN3O4S. The van der Waals surface area contributed by atoms with E-state index in [1.54, 1.807) is 21.0 Å². The zero-order valence-corrected chi connectivity index (χ0v) is 17.6. The quantitative estimate of drug-likeness (QED) is 0.649. The van der Waals surface area contributed by atoms with Crippen molar-refractivity contribution in [2.75, 3.05) is 56.4 Å². The molecule has 1 fully saturated rings. The van der Waals surface area contributed by atoms with Crippen molar-refractivity contribution >= 4 is 33.2 Å². The van der Waals surface area contributed by atoms with Crippen LogP contribution in [0.2, 0.25) is 0 Å². The number of ether oxygens (including phenoxy) is 1. The number of benzene rings is 1. The number of amides is 1. The maximum atomic E-state index is 12.5. The van der Waals surface area contributed by atoms with Gasteiger partial charge in [-0.05, 0) is 38.1 Å². The number of alkyl halides is 1. The van der Waals surface area contributed by atoms with Gasteiger partial charge in [-0.25, -0.2) is 8.42 Å². The number of hydrogen-bond acceptors (Lipinski definition) is 5. The Morgan fingerprint density at radius 2 is 1.78 bits per heavy atom. The standard InChI is InChI=1S/C18H28ClN3O4S/c1-18(2,14-19)17(23)20-8-13-27(24,25)22-11-9-21(10-12-22)15-4-6-16(26-3)7-5-15/h4-7H,8-14H2,1-3H3,(H,20,23). The van der Waals surface area contributed by atoms with Gasteiger partial charge in [0, 0.05) is 44.3 Å². The van der Waals surface area contributed by atoms with Gasteiger partial charge in [-0.15, -0.1) is 11.6 Å². The van der Waals surface area contributed by atoms with Crippen LogP contribution in [-0.4, -0.2) is 70.1 Å². The van der Waals surface area contributed by atoms with E-state index in [-0.39, 0.29) is 24.1 Å². The van der Waals surface area contributed by atoms with Crippen molar-refractivity contribution in [3.63, 3.8) is 0 Å². The third-order valence-corrected chi connectivity index (χ3v) is 7.20. The molecule has 0 bridgehead atoms. The van der Waals surface area contributed by atoms with Gasteiger partial charge < -0.3 is 15.0 Å². The van der Waals surface area contributed by atoms with Gasteiger partial charge in [0.15, 0.2) is 0 Å². The monoisotopic (exact) mass is 417 g/mol. The van der Waals surface area contributed by atoms with E-state index in [1.807, 2.05) is 24.3 Å². The predicted molar refractivity (Wildman–Crippen MR) is 108 cm³/mol. The third-order valence-electron chi connectivity index (χ3n) is 4.66. The van der Waals surface area contributed by atoms with E-state index < -0.39 is 15.4 Å². The van der Waals surface area contributed by atoms with E-state index in [4.69, 9.17) is 16.3 Å². The number of nitrogens with zero attached hydrogens (tertiary/aromatic N) is 2. The van der Waals surface area contributed by atoms with Gasteiger partial charge >= 0.3 is 0 Å². The normalized spacial score (nSPS) is 16.2. The van der Waals surface area contributed by atoms with Crippen LogP contribution in [0.1, 0.15) is 13.8 Å². The molecule has 1 aliphatic rings. The molecule has 1 saturated heterocycles. The van der Waals surface area contributed by atoms with Crippen LogP contribution < -0.4 is 15.0 Å². The molecule has 0 saturated carbocycles. The fourth-order valence-corrected chi connectivity index (χ4v) is 4.20. The largest absolute Gasteiger partial charge is 0.497 e. The van der Waals surface area contributed by atoms with Crippen molar-refractivity contribution in [2.24, 2.45) is 5.41 Å². The summed E-state index contributed by atoms with van der Waals surface area (Å²) < 4.78 is 31.7. The van der Waals surface area contributed by atoms with Crippen LogP contribution in [-0.2, 0) is 14.8 Å². The Balaban J connectivity index is 1.84. The van der Waals surface area contributed by atoms with Gasteiger partial charge in [0.1, 0.15) is 5.75 Å². The first-order valence-electron chi connectivity index (χ1n) is 8.91. The number of anilines is 1. The minimum absolute atomic E-state index is 0.0835. The van der Waals surface area contributed by atoms with Crippen molar-refractivity contribution in [3.05, 3.63) is 24.3 Å². The molecule has 0 aliphatic carbocycles. The van der Waals surface area contributed by atoms with E-state index in [1.165, 1.54) is 4.31 Å². The van der Waals surface area contributed by atoms with Crippen LogP contribution in [0.5, 0.6) is 5.75 Å². The average Bonchev–Trinajstić information content (AvgIpc) is 2.68. The van der Waals surface area contributed by atoms with Gasteiger partial charge in [0.2, 0.25) is 15.9 Å². The highest BCUT2D eigenvalue weighted by Gasteiger charge is 2.29. The number of sulfonamides is 1. The Bertz CT molecular complexity index is 729. The van der Waals surface area contributed by atoms with Crippen LogP contribution in [0, 0.1) is 5.41 Å². The Labute approximate surface area is 166 Å². The number of halogens is 1. The zero-order chi connectivity index (χ0) is 20.1. The first-order valence-corrected chi connectivity index (χ1v) is 11.0. The van der Waals surface area contributed by atoms with E-state index in [0.29, 0.717) is 26.2 Å². The van der Waals surface area contributed by atoms with E-state index >= 15 is 0 Å². The van der Waals surface area contributed by atoms with E-state index in [2.05, 4.69) is 10.2 Å². The molecule has 1 heterocycles. The lowest BCUT2D eigenvalue weighted by molar-refractivity contribution is -0.128. The molecule has 1 aromatic rings. The fourth-order valence-electron chi connectivity index (χ4n) is 2.74. The van der Waals surface area contributed by atoms with Crippen LogP contribution in [0.25, 0.3) is 0 Å². The number of nitrogens with one attached hydrogen (secondary N) is 1. The van der Waals surface area contributed by atoms with Crippen molar-refractivity contribution in [3.8, 4) is 5.75 Å². The molecule has 1 N–H and O–H groups in total. The average molecular weight is 418 g/mol. The molecule has 0 aromatic heterocycles. The van der Waals surface area contributed by atoms with Gasteiger partial charge in [-0.3, -0.25) is 4.79 Å². The summed E-state index contributed by atoms with van der Waals surface area (Å²) in [5, 5.41) is 2.66. The van der Waals surface area contributed by atoms with Crippen molar-refractivity contribution < 1.29 is 17.9 Å². The minimum atomic E-state index is -3.41. The summed E-state index contributed by atoms with van der Waals surface area (Å²) >= 11 is 5.76. The Morgan fingerprint density at radius 3 is 2.30 bits per heavy atom. The molecule has 0 spiro atoms. The molecule has 7 nitrogen and oxygen atoms in total. The summed E-state index contributed by atoms with van der Waals surface area (Å²) in [5.41, 5.74) is 0.332. The number of rotatable bonds is 8. The second kappa shape index (κ2) is 9.12. The molecule has 2 rings (SSSR count). The topological polar surface area (TPSA) is 79.0 Å². The molecule has 0 atom stereocenters. The molecule has 1 aliphatic heterocycles. The minimum Gasteiger partial charge on any atom is -0.497 e. The smallest absolute Gasteiger partial charge is 0.226 e. The Morgan fingerprint density at radius 1 is 1.19 bits per heavy atom. The summed E-state index contributed by atoms with van der Waals surface area (Å²) in [6, 6.07) is 7.72. The number of piperazine rings is 1. The van der Waals surface area contributed by atoms with Gasteiger partial charge in [-0.2, -0.15) is 4.31 Å². The summed E-state index contributed by atoms with van der Waals surface area (Å²) in [6.45, 7) is 5.63. The lowest BCUT2D eigenvalue weighted by Crippen LogP contribution is -2.50. The van der Waals surface area contributed by atoms with Crippen molar-refractivity contribution in [2.45, 2.75) is 13.8 Å². The molecular weight excluding hydrogens is 390 g/mol. The number of carbonyl (C=O) groups excluding carboxylic acids is 1. The molecule has 0 radical (unpaired) electrons. The lowest BCUT2D eigenvalue weighted by atomic mass is 9.95. The number of methoxy groups -OCH3 is 1. The lowest BCUT2D eigenvalue weighted by Gasteiger charge is -2.35. The van der Waals surface area contributed by atoms with Crippen LogP contribution in [0.4, 0.5) is 5.69 Å². The summed E-state index contributed by atoms with van der Waals surface area (Å²) in [4.78, 5) is 14.1. The third kappa shape index (κ3) is 5.73. The highest BCUT2D eigenvalue weighted by molar-refractivity contribution is 7.89. The first-order chi connectivity index (χ1) is 12.7. The predicted octanol–water partition coefficient (Wildman–Crippen LogP) is 1.53.